The first-order valence-electron chi connectivity index (χ1n) is 11.8. The van der Waals surface area contributed by atoms with Crippen molar-refractivity contribution >= 4 is 6.08 Å². The molecule has 4 nitrogen and oxygen atoms in total. The molecule has 3 rings (SSSR count). The first-order valence-corrected chi connectivity index (χ1v) is 11.8. The van der Waals surface area contributed by atoms with E-state index in [-0.39, 0.29) is 6.10 Å². The molecule has 0 aromatic heterocycles. The van der Waals surface area contributed by atoms with E-state index in [2.05, 4.69) is 39.0 Å². The zero-order chi connectivity index (χ0) is 21.9. The Balaban J connectivity index is 1.78. The van der Waals surface area contributed by atoms with Crippen molar-refractivity contribution in [1.29, 1.82) is 0 Å². The summed E-state index contributed by atoms with van der Waals surface area (Å²) in [7, 11) is 0. The molecule has 1 aliphatic rings. The van der Waals surface area contributed by atoms with Crippen LogP contribution in [0, 0.1) is 0 Å². The molecule has 31 heavy (non-hydrogen) atoms. The van der Waals surface area contributed by atoms with Crippen molar-refractivity contribution in [3.8, 4) is 17.2 Å². The molecule has 2 aromatic carbocycles. The minimum Gasteiger partial charge on any atom is -0.494 e. The minimum atomic E-state index is -0.278. The van der Waals surface area contributed by atoms with Crippen molar-refractivity contribution in [2.75, 3.05) is 19.8 Å². The van der Waals surface area contributed by atoms with E-state index in [4.69, 9.17) is 18.9 Å². The summed E-state index contributed by atoms with van der Waals surface area (Å²) in [6.45, 7) is 8.65. The van der Waals surface area contributed by atoms with Gasteiger partial charge in [-0.05, 0) is 49.6 Å². The molecule has 0 N–H and O–H groups in total. The summed E-state index contributed by atoms with van der Waals surface area (Å²) in [4.78, 5) is 0. The lowest BCUT2D eigenvalue weighted by Crippen LogP contribution is -2.17. The fourth-order valence-electron chi connectivity index (χ4n) is 3.33. The monoisotopic (exact) mass is 424 g/mol. The van der Waals surface area contributed by atoms with Gasteiger partial charge in [0.1, 0.15) is 23.0 Å². The van der Waals surface area contributed by atoms with Gasteiger partial charge in [0.25, 0.3) is 0 Å². The topological polar surface area (TPSA) is 36.9 Å². The summed E-state index contributed by atoms with van der Waals surface area (Å²) in [6.07, 6.45) is 8.28. The van der Waals surface area contributed by atoms with E-state index in [0.717, 1.165) is 85.9 Å². The highest BCUT2D eigenvalue weighted by Gasteiger charge is 2.26. The summed E-state index contributed by atoms with van der Waals surface area (Å²) < 4.78 is 24.3. The van der Waals surface area contributed by atoms with Gasteiger partial charge >= 0.3 is 0 Å². The van der Waals surface area contributed by atoms with Crippen molar-refractivity contribution in [1.82, 2.24) is 0 Å². The lowest BCUT2D eigenvalue weighted by atomic mass is 10.0. The predicted molar refractivity (Wildman–Crippen MR) is 126 cm³/mol. The number of fused-ring (bicyclic) bond motifs is 1. The Morgan fingerprint density at radius 1 is 0.710 bits per heavy atom. The lowest BCUT2D eigenvalue weighted by molar-refractivity contribution is 0.113. The Bertz CT molecular complexity index is 826. The number of unbranched alkanes of at least 4 members (excludes halogenated alkanes) is 3. The SMILES string of the molecule is CCCCOC1=Cc2ccc(OCCCC)cc2OC1c1ccc(OCCCC)cc1. The molecule has 0 bridgehead atoms. The normalized spacial score (nSPS) is 14.9. The first-order chi connectivity index (χ1) is 15.2. The van der Waals surface area contributed by atoms with Gasteiger partial charge in [-0.25, -0.2) is 0 Å². The highest BCUT2D eigenvalue weighted by molar-refractivity contribution is 5.64. The van der Waals surface area contributed by atoms with Crippen LogP contribution in [0.2, 0.25) is 0 Å². The van der Waals surface area contributed by atoms with E-state index in [1.165, 1.54) is 0 Å². The molecule has 0 fully saturated rings. The predicted octanol–water partition coefficient (Wildman–Crippen LogP) is 7.34. The molecular formula is C27H36O4. The van der Waals surface area contributed by atoms with Gasteiger partial charge in [-0.1, -0.05) is 52.2 Å². The van der Waals surface area contributed by atoms with Crippen LogP contribution >= 0.6 is 0 Å². The largest absolute Gasteiger partial charge is 0.494 e. The molecule has 0 amide bonds. The second-order valence-corrected chi connectivity index (χ2v) is 7.92. The lowest BCUT2D eigenvalue weighted by Gasteiger charge is -2.28. The zero-order valence-electron chi connectivity index (χ0n) is 19.2. The van der Waals surface area contributed by atoms with Gasteiger partial charge in [-0.3, -0.25) is 0 Å². The molecule has 0 saturated carbocycles. The first kappa shape index (κ1) is 23.1. The van der Waals surface area contributed by atoms with E-state index in [0.29, 0.717) is 6.61 Å². The van der Waals surface area contributed by atoms with Crippen molar-refractivity contribution < 1.29 is 18.9 Å². The van der Waals surface area contributed by atoms with Crippen molar-refractivity contribution in [3.05, 3.63) is 59.4 Å². The summed E-state index contributed by atoms with van der Waals surface area (Å²) in [5.74, 6) is 3.40. The third kappa shape index (κ3) is 6.68. The molecule has 0 aliphatic carbocycles. The van der Waals surface area contributed by atoms with Gasteiger partial charge in [0.05, 0.1) is 19.8 Å². The van der Waals surface area contributed by atoms with Crippen LogP contribution < -0.4 is 14.2 Å². The van der Waals surface area contributed by atoms with Gasteiger partial charge in [0, 0.05) is 17.2 Å². The Hall–Kier alpha value is -2.62. The number of hydrogen-bond acceptors (Lipinski definition) is 4. The van der Waals surface area contributed by atoms with Crippen LogP contribution in [0.3, 0.4) is 0 Å². The van der Waals surface area contributed by atoms with Crippen molar-refractivity contribution in [2.45, 2.75) is 65.4 Å². The van der Waals surface area contributed by atoms with Gasteiger partial charge < -0.3 is 18.9 Å². The van der Waals surface area contributed by atoms with E-state index in [1.54, 1.807) is 0 Å². The van der Waals surface area contributed by atoms with Gasteiger partial charge in [0.15, 0.2) is 6.10 Å². The van der Waals surface area contributed by atoms with Crippen LogP contribution in [0.25, 0.3) is 6.08 Å². The highest BCUT2D eigenvalue weighted by Crippen LogP contribution is 2.40. The molecule has 1 unspecified atom stereocenters. The highest BCUT2D eigenvalue weighted by atomic mass is 16.5. The summed E-state index contributed by atoms with van der Waals surface area (Å²) in [6, 6.07) is 14.2. The van der Waals surface area contributed by atoms with Gasteiger partial charge in [-0.2, -0.15) is 0 Å². The van der Waals surface area contributed by atoms with Crippen molar-refractivity contribution in [3.63, 3.8) is 0 Å². The smallest absolute Gasteiger partial charge is 0.180 e. The van der Waals surface area contributed by atoms with E-state index < -0.39 is 0 Å². The molecule has 1 heterocycles. The second-order valence-electron chi connectivity index (χ2n) is 7.92. The number of benzene rings is 2. The third-order valence-corrected chi connectivity index (χ3v) is 5.27. The average Bonchev–Trinajstić information content (AvgIpc) is 2.80. The third-order valence-electron chi connectivity index (χ3n) is 5.27. The second kappa shape index (κ2) is 12.3. The van der Waals surface area contributed by atoms with Crippen LogP contribution in [0.15, 0.2) is 48.2 Å². The molecule has 0 radical (unpaired) electrons. The molecule has 0 spiro atoms. The van der Waals surface area contributed by atoms with E-state index in [1.807, 2.05) is 30.3 Å². The molecule has 2 aromatic rings. The Kier molecular flexibility index (Phi) is 9.14. The van der Waals surface area contributed by atoms with Gasteiger partial charge in [0.2, 0.25) is 0 Å². The fraction of sp³-hybridized carbons (Fsp3) is 0.481. The number of hydrogen-bond donors (Lipinski definition) is 0. The molecule has 4 heteroatoms. The molecule has 1 aliphatic heterocycles. The summed E-state index contributed by atoms with van der Waals surface area (Å²) >= 11 is 0. The Morgan fingerprint density at radius 3 is 1.94 bits per heavy atom. The maximum Gasteiger partial charge on any atom is 0.180 e. The maximum atomic E-state index is 6.43. The molecular weight excluding hydrogens is 388 g/mol. The van der Waals surface area contributed by atoms with Crippen LogP contribution in [0.1, 0.15) is 76.5 Å². The molecule has 168 valence electrons. The molecule has 1 atom stereocenters. The fourth-order valence-corrected chi connectivity index (χ4v) is 3.33. The molecule has 0 saturated heterocycles. The standard InChI is InChI=1S/C27H36O4/c1-4-7-16-28-23-13-10-21(11-14-23)27-26(30-18-9-6-3)19-22-12-15-24(20-25(22)31-27)29-17-8-5-2/h10-15,19-20,27H,4-9,16-18H2,1-3H3. The van der Waals surface area contributed by atoms with E-state index >= 15 is 0 Å². The average molecular weight is 425 g/mol. The van der Waals surface area contributed by atoms with Crippen LogP contribution in [0.5, 0.6) is 17.2 Å². The van der Waals surface area contributed by atoms with Gasteiger partial charge in [-0.15, -0.1) is 0 Å². The Morgan fingerprint density at radius 2 is 1.29 bits per heavy atom. The minimum absolute atomic E-state index is 0.278. The van der Waals surface area contributed by atoms with Crippen molar-refractivity contribution in [2.24, 2.45) is 0 Å². The summed E-state index contributed by atoms with van der Waals surface area (Å²) in [5, 5.41) is 0. The maximum absolute atomic E-state index is 6.43. The van der Waals surface area contributed by atoms with Crippen LogP contribution in [-0.4, -0.2) is 19.8 Å². The summed E-state index contributed by atoms with van der Waals surface area (Å²) in [5.41, 5.74) is 2.07. The van der Waals surface area contributed by atoms with Crippen LogP contribution in [-0.2, 0) is 4.74 Å². The van der Waals surface area contributed by atoms with Crippen LogP contribution in [0.4, 0.5) is 0 Å². The number of ether oxygens (including phenoxy) is 4. The number of rotatable bonds is 13. The quantitative estimate of drug-likeness (QED) is 0.315. The zero-order valence-corrected chi connectivity index (χ0v) is 19.2. The Labute approximate surface area is 187 Å². The van der Waals surface area contributed by atoms with E-state index in [9.17, 15) is 0 Å².